The van der Waals surface area contributed by atoms with Gasteiger partial charge in [-0.15, -0.1) is 4.57 Å². The van der Waals surface area contributed by atoms with E-state index in [1.165, 1.54) is 32.4 Å². The molecule has 0 radical (unpaired) electrons. The molecule has 7 heteroatoms. The minimum absolute atomic E-state index is 0.178. The summed E-state index contributed by atoms with van der Waals surface area (Å²) in [6.45, 7) is 1.82. The fourth-order valence-electron chi connectivity index (χ4n) is 2.63. The lowest BCUT2D eigenvalue weighted by molar-refractivity contribution is -0.601. The molecule has 0 aliphatic rings. The van der Waals surface area contributed by atoms with Crippen LogP contribution in [0.2, 0.25) is 0 Å². The molecular weight excluding hydrogens is 410 g/mol. The molecule has 4 aromatic rings. The zero-order chi connectivity index (χ0) is 20.1. The van der Waals surface area contributed by atoms with Crippen molar-refractivity contribution in [2.75, 3.05) is 6.26 Å². The maximum atomic E-state index is 10.4. The second-order valence-corrected chi connectivity index (χ2v) is 9.44. The van der Waals surface area contributed by atoms with Crippen LogP contribution < -0.4 is 4.57 Å². The van der Waals surface area contributed by atoms with Crippen LogP contribution in [0.15, 0.2) is 88.1 Å². The van der Waals surface area contributed by atoms with E-state index in [0.29, 0.717) is 0 Å². The number of aryl methyl sites for hydroxylation is 1. The van der Waals surface area contributed by atoms with Gasteiger partial charge in [0.1, 0.15) is 14.8 Å². The topological polar surface area (TPSA) is 61.1 Å². The number of hydrogen-bond acceptors (Lipinski definition) is 5. The lowest BCUT2D eigenvalue weighted by Gasteiger charge is -2.05. The van der Waals surface area contributed by atoms with Gasteiger partial charge in [-0.3, -0.25) is 0 Å². The van der Waals surface area contributed by atoms with Gasteiger partial charge in [-0.25, -0.2) is 8.42 Å². The number of aromatic nitrogens is 1. The van der Waals surface area contributed by atoms with E-state index in [1.807, 2.05) is 18.3 Å². The van der Waals surface area contributed by atoms with Gasteiger partial charge in [0, 0.05) is 18.2 Å². The van der Waals surface area contributed by atoms with Gasteiger partial charge >= 0.3 is 4.34 Å². The lowest BCUT2D eigenvalue weighted by atomic mass is 10.2. The van der Waals surface area contributed by atoms with Gasteiger partial charge in [-0.2, -0.15) is 0 Å². The van der Waals surface area contributed by atoms with Crippen molar-refractivity contribution in [3.8, 4) is 5.69 Å². The van der Waals surface area contributed by atoms with E-state index in [9.17, 15) is 13.0 Å². The zero-order valence-corrected chi connectivity index (χ0v) is 17.9. The molecule has 0 saturated heterocycles. The predicted molar refractivity (Wildman–Crippen MR) is 114 cm³/mol. The van der Waals surface area contributed by atoms with Crippen LogP contribution in [0, 0.1) is 6.92 Å². The van der Waals surface area contributed by atoms with Crippen LogP contribution in [0.5, 0.6) is 0 Å². The summed E-state index contributed by atoms with van der Waals surface area (Å²) in [6, 6.07) is 24.9. The molecule has 28 heavy (non-hydrogen) atoms. The SMILES string of the molecule is CSc1sc2ccccc2[n+]1-c1ccccc1.Cc1ccc(S(=O)(=O)[O-])cc1. The van der Waals surface area contributed by atoms with E-state index in [-0.39, 0.29) is 4.90 Å². The molecule has 0 aliphatic heterocycles. The Kier molecular flexibility index (Phi) is 6.51. The molecule has 4 rings (SSSR count). The Hall–Kier alpha value is -2.19. The first-order chi connectivity index (χ1) is 13.4. The highest BCUT2D eigenvalue weighted by Crippen LogP contribution is 2.27. The molecule has 0 spiro atoms. The summed E-state index contributed by atoms with van der Waals surface area (Å²) in [5.41, 5.74) is 3.44. The van der Waals surface area contributed by atoms with Crippen molar-refractivity contribution in [3.05, 3.63) is 84.4 Å². The second-order valence-electron chi connectivity index (χ2n) is 5.98. The summed E-state index contributed by atoms with van der Waals surface area (Å²) < 4.78 is 36.1. The zero-order valence-electron chi connectivity index (χ0n) is 15.4. The van der Waals surface area contributed by atoms with Crippen molar-refractivity contribution < 1.29 is 17.5 Å². The summed E-state index contributed by atoms with van der Waals surface area (Å²) in [5, 5.41) is 0. The molecule has 1 heterocycles. The van der Waals surface area contributed by atoms with Crippen LogP contribution in [0.1, 0.15) is 5.56 Å². The maximum absolute atomic E-state index is 10.4. The van der Waals surface area contributed by atoms with E-state index in [0.717, 1.165) is 5.56 Å². The van der Waals surface area contributed by atoms with Gasteiger partial charge in [0.05, 0.1) is 4.90 Å². The molecule has 0 atom stereocenters. The normalized spacial score (nSPS) is 11.1. The Morgan fingerprint density at radius 3 is 2.11 bits per heavy atom. The number of thioether (sulfide) groups is 1. The highest BCUT2D eigenvalue weighted by molar-refractivity contribution is 8.00. The largest absolute Gasteiger partial charge is 0.744 e. The summed E-state index contributed by atoms with van der Waals surface area (Å²) >= 11 is 3.64. The summed E-state index contributed by atoms with van der Waals surface area (Å²) in [7, 11) is -4.27. The fourth-order valence-corrected chi connectivity index (χ4v) is 4.98. The monoisotopic (exact) mass is 429 g/mol. The molecule has 0 aliphatic carbocycles. The third-order valence-electron chi connectivity index (χ3n) is 3.98. The molecule has 0 fully saturated rings. The number of hydrogen-bond donors (Lipinski definition) is 0. The molecule has 1 aromatic heterocycles. The lowest BCUT2D eigenvalue weighted by Crippen LogP contribution is -2.30. The number of benzene rings is 3. The molecule has 4 nitrogen and oxygen atoms in total. The van der Waals surface area contributed by atoms with Crippen molar-refractivity contribution >= 4 is 43.4 Å². The van der Waals surface area contributed by atoms with Gasteiger partial charge in [-0.05, 0) is 43.1 Å². The minimum Gasteiger partial charge on any atom is -0.744 e. The highest BCUT2D eigenvalue weighted by Gasteiger charge is 2.21. The third-order valence-corrected chi connectivity index (χ3v) is 7.04. The van der Waals surface area contributed by atoms with Crippen molar-refractivity contribution in [2.24, 2.45) is 0 Å². The molecule has 0 amide bonds. The maximum Gasteiger partial charge on any atom is 0.304 e. The first-order valence-electron chi connectivity index (χ1n) is 8.45. The molecule has 0 N–H and O–H groups in total. The number of rotatable bonds is 3. The van der Waals surface area contributed by atoms with Crippen molar-refractivity contribution in [1.29, 1.82) is 0 Å². The van der Waals surface area contributed by atoms with Crippen molar-refractivity contribution in [1.82, 2.24) is 0 Å². The van der Waals surface area contributed by atoms with E-state index in [1.54, 1.807) is 23.9 Å². The second kappa shape index (κ2) is 8.87. The Morgan fingerprint density at radius 2 is 1.50 bits per heavy atom. The Morgan fingerprint density at radius 1 is 0.893 bits per heavy atom. The molecule has 0 unspecified atom stereocenters. The van der Waals surface area contributed by atoms with Crippen LogP contribution in [0.4, 0.5) is 0 Å². The number of para-hydroxylation sites is 2. The first kappa shape index (κ1) is 20.5. The third kappa shape index (κ3) is 4.80. The Balaban J connectivity index is 0.000000178. The van der Waals surface area contributed by atoms with Crippen LogP contribution in [0.25, 0.3) is 15.9 Å². The van der Waals surface area contributed by atoms with E-state index >= 15 is 0 Å². The van der Waals surface area contributed by atoms with Gasteiger partial charge in [0.15, 0.2) is 0 Å². The molecule has 0 bridgehead atoms. The Labute approximate surface area is 173 Å². The Bertz CT molecular complexity index is 1170. The van der Waals surface area contributed by atoms with E-state index < -0.39 is 10.1 Å². The van der Waals surface area contributed by atoms with E-state index in [4.69, 9.17) is 0 Å². The van der Waals surface area contributed by atoms with Gasteiger partial charge in [0.2, 0.25) is 11.2 Å². The number of nitrogens with zero attached hydrogens (tertiary/aromatic N) is 1. The highest BCUT2D eigenvalue weighted by atomic mass is 32.2. The summed E-state index contributed by atoms with van der Waals surface area (Å²) in [4.78, 5) is -0.178. The van der Waals surface area contributed by atoms with Gasteiger partial charge in [-0.1, -0.05) is 59.4 Å². The quantitative estimate of drug-likeness (QED) is 0.267. The average Bonchev–Trinajstić information content (AvgIpc) is 3.07. The smallest absolute Gasteiger partial charge is 0.304 e. The number of fused-ring (bicyclic) bond motifs is 1. The molecule has 3 aromatic carbocycles. The fraction of sp³-hybridized carbons (Fsp3) is 0.0952. The summed E-state index contributed by atoms with van der Waals surface area (Å²) in [6.07, 6.45) is 2.13. The molecule has 144 valence electrons. The number of thiazole rings is 1. The van der Waals surface area contributed by atoms with Crippen LogP contribution in [-0.2, 0) is 10.1 Å². The van der Waals surface area contributed by atoms with Gasteiger partial charge < -0.3 is 4.55 Å². The minimum atomic E-state index is -4.27. The van der Waals surface area contributed by atoms with Crippen LogP contribution in [0.3, 0.4) is 0 Å². The van der Waals surface area contributed by atoms with Gasteiger partial charge in [0.25, 0.3) is 0 Å². The molecule has 0 saturated carbocycles. The summed E-state index contributed by atoms with van der Waals surface area (Å²) in [5.74, 6) is 0. The van der Waals surface area contributed by atoms with Crippen molar-refractivity contribution in [3.63, 3.8) is 0 Å². The van der Waals surface area contributed by atoms with Crippen molar-refractivity contribution in [2.45, 2.75) is 16.2 Å². The van der Waals surface area contributed by atoms with Crippen LogP contribution >= 0.6 is 23.1 Å². The predicted octanol–water partition coefficient (Wildman–Crippen LogP) is 4.80. The molecular formula is C21H19NO3S3. The van der Waals surface area contributed by atoms with Crippen LogP contribution in [-0.4, -0.2) is 19.2 Å². The average molecular weight is 430 g/mol. The van der Waals surface area contributed by atoms with E-state index in [2.05, 4.69) is 65.4 Å². The standard InChI is InChI=1S/C14H12NS2.C7H8O3S/c1-16-14-15(11-7-3-2-4-8-11)12-9-5-6-10-13(12)17-14;1-6-2-4-7(5-3-6)11(8,9)10/h2-10H,1H3;2-5H,1H3,(H,8,9,10)/q+1;/p-1. The first-order valence-corrected chi connectivity index (χ1v) is 11.9.